The SMILES string of the molecule is Cc1c(C(=O)NCC#Cc2nn3c(N[C@@H]4CCN(C)C[C@@H]4F)cccc3c2CC(F)(F)F)cnn1C(C)(C)C. The molecule has 0 radical (unpaired) electrons. The Kier molecular flexibility index (Phi) is 7.93. The van der Waals surface area contributed by atoms with Gasteiger partial charge < -0.3 is 15.5 Å². The van der Waals surface area contributed by atoms with Crippen molar-refractivity contribution >= 4 is 17.2 Å². The average Bonchev–Trinajstić information content (AvgIpc) is 3.38. The molecule has 1 amide bonds. The van der Waals surface area contributed by atoms with E-state index in [2.05, 4.69) is 32.7 Å². The molecule has 1 aliphatic heterocycles. The van der Waals surface area contributed by atoms with Gasteiger partial charge in [-0.1, -0.05) is 12.0 Å². The van der Waals surface area contributed by atoms with Crippen LogP contribution in [-0.4, -0.2) is 75.3 Å². The van der Waals surface area contributed by atoms with E-state index in [4.69, 9.17) is 0 Å². The summed E-state index contributed by atoms with van der Waals surface area (Å²) in [6.45, 7) is 8.58. The smallest absolute Gasteiger partial charge is 0.364 e. The number of carbonyl (C=O) groups is 1. The third-order valence-electron chi connectivity index (χ3n) is 6.65. The third kappa shape index (κ3) is 6.53. The van der Waals surface area contributed by atoms with E-state index < -0.39 is 24.8 Å². The number of rotatable bonds is 5. The van der Waals surface area contributed by atoms with Crippen molar-refractivity contribution in [3.63, 3.8) is 0 Å². The molecule has 4 heterocycles. The highest BCUT2D eigenvalue weighted by atomic mass is 19.4. The molecule has 8 nitrogen and oxygen atoms in total. The lowest BCUT2D eigenvalue weighted by Gasteiger charge is -2.33. The predicted molar refractivity (Wildman–Crippen MR) is 141 cm³/mol. The number of amides is 1. The maximum atomic E-state index is 14.6. The number of nitrogens with zero attached hydrogens (tertiary/aromatic N) is 5. The van der Waals surface area contributed by atoms with Crippen LogP contribution in [-0.2, 0) is 12.0 Å². The van der Waals surface area contributed by atoms with Gasteiger partial charge in [0.05, 0.1) is 41.8 Å². The van der Waals surface area contributed by atoms with E-state index in [1.54, 1.807) is 23.7 Å². The van der Waals surface area contributed by atoms with Crippen molar-refractivity contribution in [2.75, 3.05) is 32.0 Å². The normalized spacial score (nSPS) is 18.6. The second-order valence-corrected chi connectivity index (χ2v) is 10.9. The first-order valence-electron chi connectivity index (χ1n) is 12.7. The predicted octanol–water partition coefficient (Wildman–Crippen LogP) is 3.93. The van der Waals surface area contributed by atoms with Crippen molar-refractivity contribution in [1.82, 2.24) is 29.6 Å². The lowest BCUT2D eigenvalue weighted by atomic mass is 10.0. The minimum Gasteiger partial charge on any atom is -0.364 e. The molecule has 0 saturated carbocycles. The molecule has 0 bridgehead atoms. The highest BCUT2D eigenvalue weighted by Crippen LogP contribution is 2.29. The van der Waals surface area contributed by atoms with E-state index >= 15 is 0 Å². The number of piperidine rings is 1. The minimum atomic E-state index is -4.49. The van der Waals surface area contributed by atoms with Crippen LogP contribution in [0.5, 0.6) is 0 Å². The highest BCUT2D eigenvalue weighted by Gasteiger charge is 2.32. The van der Waals surface area contributed by atoms with Gasteiger partial charge in [-0.3, -0.25) is 9.48 Å². The van der Waals surface area contributed by atoms with E-state index in [1.165, 1.54) is 16.8 Å². The molecular weight excluding hydrogens is 514 g/mol. The number of halogens is 4. The fraction of sp³-hybridized carbons (Fsp3) is 0.519. The van der Waals surface area contributed by atoms with Gasteiger partial charge in [-0.2, -0.15) is 23.4 Å². The number of likely N-dealkylation sites (tertiary alicyclic amines) is 1. The summed E-state index contributed by atoms with van der Waals surface area (Å²) in [6.07, 6.45) is -4.81. The number of fused-ring (bicyclic) bond motifs is 1. The molecule has 39 heavy (non-hydrogen) atoms. The molecular formula is C27H33F4N7O. The molecule has 0 unspecified atom stereocenters. The molecule has 1 aliphatic rings. The van der Waals surface area contributed by atoms with Crippen molar-refractivity contribution in [2.24, 2.45) is 0 Å². The van der Waals surface area contributed by atoms with Gasteiger partial charge in [-0.25, -0.2) is 8.91 Å². The fourth-order valence-corrected chi connectivity index (χ4v) is 4.77. The molecule has 0 spiro atoms. The Bertz CT molecular complexity index is 1410. The molecule has 1 fully saturated rings. The Hall–Kier alpha value is -3.59. The van der Waals surface area contributed by atoms with Crippen LogP contribution in [0.4, 0.5) is 23.4 Å². The molecule has 1 saturated heterocycles. The standard InChI is InChI=1S/C27H33F4N7O/c1-17-19(15-33-38(17)26(2,3)4)25(39)32-12-7-8-21-18(14-27(29,30)31)23-9-6-10-24(37(23)35-21)34-22-11-13-36(5)16-20(22)28/h6,9-10,15,20,22,34H,11-14,16H2,1-5H3,(H,32,39)/t20-,22+/m0/s1. The number of nitrogens with one attached hydrogen (secondary N) is 2. The van der Waals surface area contributed by atoms with Gasteiger partial charge in [0, 0.05) is 24.3 Å². The molecule has 12 heteroatoms. The minimum absolute atomic E-state index is 0.0484. The zero-order chi connectivity index (χ0) is 28.5. The van der Waals surface area contributed by atoms with E-state index in [0.29, 0.717) is 30.0 Å². The van der Waals surface area contributed by atoms with Gasteiger partial charge in [0.25, 0.3) is 5.91 Å². The quantitative estimate of drug-likeness (QED) is 0.374. The average molecular weight is 548 g/mol. The molecule has 3 aromatic heterocycles. The van der Waals surface area contributed by atoms with Crippen LogP contribution in [0.1, 0.15) is 54.5 Å². The largest absolute Gasteiger partial charge is 0.393 e. The Morgan fingerprint density at radius 2 is 1.97 bits per heavy atom. The topological polar surface area (TPSA) is 79.5 Å². The fourth-order valence-electron chi connectivity index (χ4n) is 4.77. The molecule has 2 atom stereocenters. The summed E-state index contributed by atoms with van der Waals surface area (Å²) in [6, 6.07) is 4.31. The maximum Gasteiger partial charge on any atom is 0.393 e. The van der Waals surface area contributed by atoms with E-state index in [1.807, 2.05) is 32.7 Å². The van der Waals surface area contributed by atoms with Gasteiger partial charge in [0.15, 0.2) is 0 Å². The molecule has 3 aromatic rings. The van der Waals surface area contributed by atoms with Crippen molar-refractivity contribution in [3.8, 4) is 11.8 Å². The van der Waals surface area contributed by atoms with Gasteiger partial charge in [0.1, 0.15) is 17.7 Å². The Morgan fingerprint density at radius 1 is 1.23 bits per heavy atom. The van der Waals surface area contributed by atoms with Crippen LogP contribution >= 0.6 is 0 Å². The first-order valence-corrected chi connectivity index (χ1v) is 12.7. The lowest BCUT2D eigenvalue weighted by molar-refractivity contribution is -0.127. The van der Waals surface area contributed by atoms with Gasteiger partial charge >= 0.3 is 6.18 Å². The molecule has 4 rings (SSSR count). The van der Waals surface area contributed by atoms with Crippen LogP contribution in [0.3, 0.4) is 0 Å². The monoisotopic (exact) mass is 547 g/mol. The maximum absolute atomic E-state index is 14.6. The second-order valence-electron chi connectivity index (χ2n) is 10.9. The van der Waals surface area contributed by atoms with Crippen molar-refractivity contribution in [2.45, 2.75) is 64.5 Å². The van der Waals surface area contributed by atoms with Gasteiger partial charge in [-0.15, -0.1) is 0 Å². The number of pyridine rings is 1. The molecule has 210 valence electrons. The zero-order valence-corrected chi connectivity index (χ0v) is 22.7. The zero-order valence-electron chi connectivity index (χ0n) is 22.7. The number of anilines is 1. The van der Waals surface area contributed by atoms with Crippen LogP contribution in [0.2, 0.25) is 0 Å². The summed E-state index contributed by atoms with van der Waals surface area (Å²) in [5.41, 5.74) is 0.903. The van der Waals surface area contributed by atoms with E-state index in [9.17, 15) is 22.4 Å². The van der Waals surface area contributed by atoms with E-state index in [0.717, 1.165) is 0 Å². The molecule has 0 aliphatic carbocycles. The van der Waals surface area contributed by atoms with Crippen molar-refractivity contribution in [3.05, 3.63) is 46.9 Å². The number of aromatic nitrogens is 4. The summed E-state index contributed by atoms with van der Waals surface area (Å²) in [5.74, 6) is 5.42. The lowest BCUT2D eigenvalue weighted by Crippen LogP contribution is -2.46. The summed E-state index contributed by atoms with van der Waals surface area (Å²) in [7, 11) is 1.84. The van der Waals surface area contributed by atoms with Gasteiger partial charge in [-0.05, 0) is 59.2 Å². The summed E-state index contributed by atoms with van der Waals surface area (Å²) >= 11 is 0. The van der Waals surface area contributed by atoms with Crippen LogP contribution < -0.4 is 10.6 Å². The van der Waals surface area contributed by atoms with Crippen molar-refractivity contribution in [1.29, 1.82) is 0 Å². The summed E-state index contributed by atoms with van der Waals surface area (Å²) in [4.78, 5) is 14.5. The van der Waals surface area contributed by atoms with E-state index in [-0.39, 0.29) is 41.3 Å². The molecule has 0 aromatic carbocycles. The Morgan fingerprint density at radius 3 is 2.62 bits per heavy atom. The van der Waals surface area contributed by atoms with Gasteiger partial charge in [0.2, 0.25) is 0 Å². The third-order valence-corrected chi connectivity index (χ3v) is 6.65. The molecule has 2 N–H and O–H groups in total. The Balaban J connectivity index is 1.57. The summed E-state index contributed by atoms with van der Waals surface area (Å²) < 4.78 is 58.1. The Labute approximate surface area is 224 Å². The first-order chi connectivity index (χ1) is 18.2. The first kappa shape index (κ1) is 28.4. The number of carbonyl (C=O) groups excluding carboxylic acids is 1. The van der Waals surface area contributed by atoms with Crippen molar-refractivity contribution < 1.29 is 22.4 Å². The number of hydrogen-bond acceptors (Lipinski definition) is 5. The van der Waals surface area contributed by atoms with Crippen LogP contribution in [0, 0.1) is 18.8 Å². The number of alkyl halides is 4. The van der Waals surface area contributed by atoms with Crippen LogP contribution in [0.15, 0.2) is 24.4 Å². The number of hydrogen-bond donors (Lipinski definition) is 2. The highest BCUT2D eigenvalue weighted by molar-refractivity contribution is 5.95. The van der Waals surface area contributed by atoms with Crippen LogP contribution in [0.25, 0.3) is 5.52 Å². The second kappa shape index (κ2) is 10.9. The summed E-state index contributed by atoms with van der Waals surface area (Å²) in [5, 5.41) is 14.4.